The Morgan fingerprint density at radius 2 is 2.04 bits per heavy atom. The maximum atomic E-state index is 12.0. The summed E-state index contributed by atoms with van der Waals surface area (Å²) in [5.74, 6) is -0.327. The Morgan fingerprint density at radius 1 is 1.25 bits per heavy atom. The lowest BCUT2D eigenvalue weighted by Gasteiger charge is -2.00. The molecule has 0 fully saturated rings. The molecule has 10 heteroatoms. The van der Waals surface area contributed by atoms with E-state index < -0.39 is 15.7 Å². The lowest BCUT2D eigenvalue weighted by molar-refractivity contribution is 0.102. The number of halogens is 1. The van der Waals surface area contributed by atoms with Gasteiger partial charge in [0.15, 0.2) is 9.84 Å². The van der Waals surface area contributed by atoms with Crippen LogP contribution in [0.3, 0.4) is 0 Å². The number of sulfone groups is 1. The second-order valence-corrected chi connectivity index (χ2v) is 8.50. The van der Waals surface area contributed by atoms with Crippen LogP contribution in [0.4, 0.5) is 6.01 Å². The Kier molecular flexibility index (Phi) is 4.39. The maximum absolute atomic E-state index is 12.0. The number of rotatable bonds is 4. The van der Waals surface area contributed by atoms with E-state index in [-0.39, 0.29) is 16.8 Å². The van der Waals surface area contributed by atoms with Crippen molar-refractivity contribution < 1.29 is 17.6 Å². The van der Waals surface area contributed by atoms with Gasteiger partial charge < -0.3 is 4.42 Å². The molecular formula is C14H10ClN3O4S2. The Hall–Kier alpha value is -2.23. The molecule has 24 heavy (non-hydrogen) atoms. The van der Waals surface area contributed by atoms with E-state index in [1.165, 1.54) is 12.1 Å². The summed E-state index contributed by atoms with van der Waals surface area (Å²) in [5, 5.41) is 10.0. The first-order valence-electron chi connectivity index (χ1n) is 6.53. The Bertz CT molecular complexity index is 1010. The van der Waals surface area contributed by atoms with Gasteiger partial charge in [-0.15, -0.1) is 16.4 Å². The number of aromatic nitrogens is 2. The number of amides is 1. The summed E-state index contributed by atoms with van der Waals surface area (Å²) in [6.07, 6.45) is 1.11. The largest absolute Gasteiger partial charge is 0.403 e. The van der Waals surface area contributed by atoms with E-state index >= 15 is 0 Å². The van der Waals surface area contributed by atoms with Gasteiger partial charge in [0.2, 0.25) is 5.89 Å². The molecule has 3 aromatic rings. The minimum atomic E-state index is -3.35. The third kappa shape index (κ3) is 3.64. The minimum absolute atomic E-state index is 0.0933. The zero-order valence-corrected chi connectivity index (χ0v) is 14.6. The first-order chi connectivity index (χ1) is 11.3. The second-order valence-electron chi connectivity index (χ2n) is 4.77. The van der Waals surface area contributed by atoms with E-state index in [9.17, 15) is 13.2 Å². The van der Waals surface area contributed by atoms with Gasteiger partial charge in [-0.3, -0.25) is 10.1 Å². The van der Waals surface area contributed by atoms with Gasteiger partial charge in [-0.05, 0) is 30.3 Å². The molecule has 1 aromatic carbocycles. The summed E-state index contributed by atoms with van der Waals surface area (Å²) in [6.45, 7) is 0. The van der Waals surface area contributed by atoms with Crippen LogP contribution in [0.25, 0.3) is 11.5 Å². The van der Waals surface area contributed by atoms with Gasteiger partial charge in [0.1, 0.15) is 0 Å². The van der Waals surface area contributed by atoms with E-state index in [0.717, 1.165) is 17.6 Å². The molecule has 0 aliphatic heterocycles. The van der Waals surface area contributed by atoms with Crippen LogP contribution in [0.2, 0.25) is 4.34 Å². The number of hydrogen-bond acceptors (Lipinski definition) is 7. The van der Waals surface area contributed by atoms with Crippen molar-refractivity contribution in [2.24, 2.45) is 0 Å². The van der Waals surface area contributed by atoms with Gasteiger partial charge in [0.05, 0.1) is 14.1 Å². The van der Waals surface area contributed by atoms with Gasteiger partial charge in [0.25, 0.3) is 5.91 Å². The molecule has 0 atom stereocenters. The molecule has 7 nitrogen and oxygen atoms in total. The van der Waals surface area contributed by atoms with Crippen molar-refractivity contribution in [3.05, 3.63) is 45.6 Å². The number of benzene rings is 1. The fourth-order valence-electron chi connectivity index (χ4n) is 1.85. The van der Waals surface area contributed by atoms with Gasteiger partial charge in [-0.2, -0.15) is 0 Å². The van der Waals surface area contributed by atoms with Gasteiger partial charge in [-0.1, -0.05) is 22.8 Å². The standard InChI is InChI=1S/C14H10ClN3O4S2/c1-24(20,21)9-4-2-3-8(7-9)13-17-18-14(22-13)16-12(19)10-5-6-11(15)23-10/h2-7H,1H3,(H,16,18,19). The fraction of sp³-hybridized carbons (Fsp3) is 0.0714. The SMILES string of the molecule is CS(=O)(=O)c1cccc(-c2nnc(NC(=O)c3ccc(Cl)s3)o2)c1. The van der Waals surface area contributed by atoms with E-state index in [2.05, 4.69) is 15.5 Å². The van der Waals surface area contributed by atoms with Crippen LogP contribution < -0.4 is 5.32 Å². The molecule has 2 aromatic heterocycles. The van der Waals surface area contributed by atoms with Crippen molar-refractivity contribution in [2.75, 3.05) is 11.6 Å². The molecule has 0 bridgehead atoms. The van der Waals surface area contributed by atoms with Crippen molar-refractivity contribution >= 4 is 44.7 Å². The lowest BCUT2D eigenvalue weighted by Crippen LogP contribution is -2.10. The number of carbonyl (C=O) groups excluding carboxylic acids is 1. The number of hydrogen-bond donors (Lipinski definition) is 1. The van der Waals surface area contributed by atoms with Crippen LogP contribution in [0, 0.1) is 0 Å². The number of carbonyl (C=O) groups is 1. The first-order valence-corrected chi connectivity index (χ1v) is 9.62. The lowest BCUT2D eigenvalue weighted by atomic mass is 10.2. The number of thiophene rings is 1. The Labute approximate surface area is 146 Å². The molecule has 124 valence electrons. The predicted molar refractivity (Wildman–Crippen MR) is 90.1 cm³/mol. The van der Waals surface area contributed by atoms with Gasteiger partial charge in [-0.25, -0.2) is 8.42 Å². The highest BCUT2D eigenvalue weighted by atomic mass is 35.5. The summed E-state index contributed by atoms with van der Waals surface area (Å²) >= 11 is 6.90. The van der Waals surface area contributed by atoms with Crippen molar-refractivity contribution in [3.63, 3.8) is 0 Å². The number of nitrogens with one attached hydrogen (secondary N) is 1. The summed E-state index contributed by atoms with van der Waals surface area (Å²) in [4.78, 5) is 12.5. The molecular weight excluding hydrogens is 374 g/mol. The molecule has 1 amide bonds. The van der Waals surface area contributed by atoms with E-state index in [0.29, 0.717) is 14.8 Å². The summed E-state index contributed by atoms with van der Waals surface area (Å²) in [6, 6.07) is 9.19. The van der Waals surface area contributed by atoms with Crippen LogP contribution >= 0.6 is 22.9 Å². The summed E-state index contributed by atoms with van der Waals surface area (Å²) < 4.78 is 29.0. The highest BCUT2D eigenvalue weighted by molar-refractivity contribution is 7.90. The smallest absolute Gasteiger partial charge is 0.322 e. The first kappa shape index (κ1) is 16.6. The fourth-order valence-corrected chi connectivity index (χ4v) is 3.45. The Morgan fingerprint density at radius 3 is 2.71 bits per heavy atom. The zero-order chi connectivity index (χ0) is 17.3. The average molecular weight is 384 g/mol. The molecule has 0 aliphatic rings. The quantitative estimate of drug-likeness (QED) is 0.742. The molecule has 0 unspecified atom stereocenters. The second kappa shape index (κ2) is 6.34. The normalized spacial score (nSPS) is 11.4. The topological polar surface area (TPSA) is 102 Å². The summed E-state index contributed by atoms with van der Waals surface area (Å²) in [7, 11) is -3.35. The van der Waals surface area contributed by atoms with Crippen molar-refractivity contribution in [3.8, 4) is 11.5 Å². The van der Waals surface area contributed by atoms with Crippen LogP contribution in [0.5, 0.6) is 0 Å². The van der Waals surface area contributed by atoms with E-state index in [4.69, 9.17) is 16.0 Å². The minimum Gasteiger partial charge on any atom is -0.403 e. The highest BCUT2D eigenvalue weighted by Crippen LogP contribution is 2.25. The third-order valence-corrected chi connectivity index (χ3v) is 5.29. The molecule has 0 aliphatic carbocycles. The zero-order valence-electron chi connectivity index (χ0n) is 12.2. The molecule has 0 saturated carbocycles. The molecule has 3 rings (SSSR count). The predicted octanol–water partition coefficient (Wildman–Crippen LogP) is 3.11. The van der Waals surface area contributed by atoms with E-state index in [1.807, 2.05) is 0 Å². The van der Waals surface area contributed by atoms with Crippen LogP contribution in [-0.2, 0) is 9.84 Å². The molecule has 0 spiro atoms. The number of nitrogens with zero attached hydrogens (tertiary/aromatic N) is 2. The third-order valence-electron chi connectivity index (χ3n) is 2.95. The van der Waals surface area contributed by atoms with Crippen molar-refractivity contribution in [1.82, 2.24) is 10.2 Å². The van der Waals surface area contributed by atoms with Crippen molar-refractivity contribution in [1.29, 1.82) is 0 Å². The summed E-state index contributed by atoms with van der Waals surface area (Å²) in [5.41, 5.74) is 0.435. The highest BCUT2D eigenvalue weighted by Gasteiger charge is 2.15. The van der Waals surface area contributed by atoms with Crippen LogP contribution in [-0.4, -0.2) is 30.8 Å². The number of anilines is 1. The van der Waals surface area contributed by atoms with Crippen LogP contribution in [0.15, 0.2) is 45.7 Å². The van der Waals surface area contributed by atoms with Gasteiger partial charge >= 0.3 is 6.01 Å². The molecule has 0 radical (unpaired) electrons. The average Bonchev–Trinajstić information content (AvgIpc) is 3.16. The molecule has 2 heterocycles. The van der Waals surface area contributed by atoms with Crippen LogP contribution in [0.1, 0.15) is 9.67 Å². The molecule has 1 N–H and O–H groups in total. The molecule has 0 saturated heterocycles. The van der Waals surface area contributed by atoms with Crippen molar-refractivity contribution in [2.45, 2.75) is 4.90 Å². The Balaban J connectivity index is 1.82. The van der Waals surface area contributed by atoms with Gasteiger partial charge in [0, 0.05) is 11.8 Å². The maximum Gasteiger partial charge on any atom is 0.322 e. The van der Waals surface area contributed by atoms with E-state index in [1.54, 1.807) is 24.3 Å². The monoisotopic (exact) mass is 383 g/mol.